The van der Waals surface area contributed by atoms with E-state index in [1.54, 1.807) is 48.5 Å². The lowest BCUT2D eigenvalue weighted by molar-refractivity contribution is 0.0698. The molecular formula is C25H21FN2O5. The monoisotopic (exact) mass is 448 g/mol. The van der Waals surface area contributed by atoms with Crippen molar-refractivity contribution in [2.45, 2.75) is 13.3 Å². The van der Waals surface area contributed by atoms with E-state index in [4.69, 9.17) is 14.1 Å². The predicted octanol–water partition coefficient (Wildman–Crippen LogP) is 5.64. The van der Waals surface area contributed by atoms with E-state index in [1.165, 1.54) is 18.3 Å². The lowest BCUT2D eigenvalue weighted by Crippen LogP contribution is -2.09. The van der Waals surface area contributed by atoms with Crippen molar-refractivity contribution < 1.29 is 28.4 Å². The number of aromatic carboxylic acids is 1. The number of carbonyl (C=O) groups is 1. The number of benzene rings is 3. The van der Waals surface area contributed by atoms with E-state index in [-0.39, 0.29) is 11.4 Å². The van der Waals surface area contributed by atoms with Crippen molar-refractivity contribution in [3.8, 4) is 17.0 Å². The Morgan fingerprint density at radius 1 is 1.15 bits per heavy atom. The first-order chi connectivity index (χ1) is 16.0. The Hall–Kier alpha value is -4.17. The number of aromatic nitrogens is 1. The van der Waals surface area contributed by atoms with Crippen LogP contribution in [-0.2, 0) is 4.84 Å². The molecule has 8 heteroatoms. The molecule has 2 N–H and O–H groups in total. The van der Waals surface area contributed by atoms with Crippen LogP contribution in [0.5, 0.6) is 5.75 Å². The van der Waals surface area contributed by atoms with E-state index < -0.39 is 5.97 Å². The number of hydrogen-bond donors (Lipinski definition) is 2. The second kappa shape index (κ2) is 9.97. The molecule has 4 rings (SSSR count). The Morgan fingerprint density at radius 3 is 2.73 bits per heavy atom. The van der Waals surface area contributed by atoms with Crippen molar-refractivity contribution >= 4 is 22.5 Å². The predicted molar refractivity (Wildman–Crippen MR) is 121 cm³/mol. The van der Waals surface area contributed by atoms with E-state index in [2.05, 4.69) is 10.6 Å². The summed E-state index contributed by atoms with van der Waals surface area (Å²) in [6, 6.07) is 17.7. The van der Waals surface area contributed by atoms with Crippen LogP contribution in [0.15, 0.2) is 77.5 Å². The molecule has 7 nitrogen and oxygen atoms in total. The number of rotatable bonds is 9. The molecule has 0 bridgehead atoms. The smallest absolute Gasteiger partial charge is 0.336 e. The quantitative estimate of drug-likeness (QED) is 0.194. The average molecular weight is 448 g/mol. The topological polar surface area (TPSA) is 93.8 Å². The Labute approximate surface area is 189 Å². The Kier molecular flexibility index (Phi) is 6.66. The molecule has 1 heterocycles. The molecule has 33 heavy (non-hydrogen) atoms. The fraction of sp³-hybridized carbons (Fsp3) is 0.120. The molecule has 0 amide bonds. The van der Waals surface area contributed by atoms with Gasteiger partial charge in [-0.2, -0.15) is 0 Å². The summed E-state index contributed by atoms with van der Waals surface area (Å²) in [6.07, 6.45) is 2.33. The normalized spacial score (nSPS) is 11.5. The number of carboxylic acids is 1. The second-order valence-electron chi connectivity index (χ2n) is 7.15. The van der Waals surface area contributed by atoms with Crippen LogP contribution in [-0.4, -0.2) is 22.8 Å². The first-order valence-electron chi connectivity index (χ1n) is 10.3. The fourth-order valence-electron chi connectivity index (χ4n) is 3.19. The van der Waals surface area contributed by atoms with Crippen LogP contribution in [0.3, 0.4) is 0 Å². The van der Waals surface area contributed by atoms with Gasteiger partial charge < -0.3 is 14.4 Å². The van der Waals surface area contributed by atoms with Gasteiger partial charge in [-0.3, -0.25) is 10.3 Å². The van der Waals surface area contributed by atoms with Crippen LogP contribution in [0.4, 0.5) is 4.39 Å². The Bertz CT molecular complexity index is 1300. The molecule has 0 aliphatic rings. The molecule has 0 unspecified atom stereocenters. The van der Waals surface area contributed by atoms with E-state index >= 15 is 0 Å². The largest absolute Gasteiger partial charge is 0.478 e. The zero-order chi connectivity index (χ0) is 23.2. The van der Waals surface area contributed by atoms with Crippen molar-refractivity contribution in [3.63, 3.8) is 0 Å². The highest BCUT2D eigenvalue weighted by atomic mass is 19.1. The third kappa shape index (κ3) is 5.19. The van der Waals surface area contributed by atoms with Crippen LogP contribution in [0.25, 0.3) is 27.8 Å². The highest BCUT2D eigenvalue weighted by Crippen LogP contribution is 2.29. The molecular weight excluding hydrogens is 427 g/mol. The molecule has 0 saturated carbocycles. The van der Waals surface area contributed by atoms with Gasteiger partial charge in [-0.25, -0.2) is 9.18 Å². The summed E-state index contributed by atoms with van der Waals surface area (Å²) in [5, 5.41) is 14.8. The van der Waals surface area contributed by atoms with Crippen molar-refractivity contribution in [2.75, 3.05) is 6.61 Å². The van der Waals surface area contributed by atoms with Crippen LogP contribution in [0.2, 0.25) is 0 Å². The van der Waals surface area contributed by atoms with Crippen molar-refractivity contribution in [1.82, 2.24) is 10.6 Å². The highest BCUT2D eigenvalue weighted by Gasteiger charge is 2.15. The number of hydrogen-bond acceptors (Lipinski definition) is 6. The number of carboxylic acid groups (broad SMARTS) is 1. The molecule has 0 atom stereocenters. The second-order valence-corrected chi connectivity index (χ2v) is 7.15. The van der Waals surface area contributed by atoms with E-state index in [0.29, 0.717) is 45.9 Å². The molecule has 0 fully saturated rings. The lowest BCUT2D eigenvalue weighted by atomic mass is 10.0. The molecule has 0 aliphatic heterocycles. The van der Waals surface area contributed by atoms with Crippen LogP contribution in [0.1, 0.15) is 29.5 Å². The first kappa shape index (κ1) is 22.0. The number of nitrogens with one attached hydrogen (secondary N) is 1. The maximum Gasteiger partial charge on any atom is 0.336 e. The summed E-state index contributed by atoms with van der Waals surface area (Å²) in [6.45, 7) is 2.48. The van der Waals surface area contributed by atoms with Gasteiger partial charge in [0.15, 0.2) is 5.76 Å². The first-order valence-corrected chi connectivity index (χ1v) is 10.3. The van der Waals surface area contributed by atoms with Gasteiger partial charge in [0, 0.05) is 11.6 Å². The Morgan fingerprint density at radius 2 is 1.97 bits per heavy atom. The molecule has 0 saturated heterocycles. The van der Waals surface area contributed by atoms with Crippen LogP contribution in [0, 0.1) is 5.82 Å². The standard InChI is InChI=1S/C25H21FN2O5/c1-2-12-31-27-15-24(23-14-22(28-33-23)16-6-8-18(26)9-7-16)32-19-10-11-20-17(13-19)4-3-5-21(20)25(29)30/h3-11,13-15,27H,2,12H2,1H3,(H,29,30). The van der Waals surface area contributed by atoms with Gasteiger partial charge in [0.05, 0.1) is 18.4 Å². The summed E-state index contributed by atoms with van der Waals surface area (Å²) >= 11 is 0. The molecule has 1 aromatic heterocycles. The fourth-order valence-corrected chi connectivity index (χ4v) is 3.19. The SMILES string of the molecule is CCCONC=C(Oc1ccc2c(C(=O)O)cccc2c1)c1cc(-c2ccc(F)cc2)no1. The maximum atomic E-state index is 13.2. The minimum Gasteiger partial charge on any atom is -0.478 e. The van der Waals surface area contributed by atoms with Gasteiger partial charge in [-0.15, -0.1) is 0 Å². The molecule has 4 aromatic rings. The molecule has 168 valence electrons. The zero-order valence-electron chi connectivity index (χ0n) is 17.7. The molecule has 0 aliphatic carbocycles. The van der Waals surface area contributed by atoms with E-state index in [0.717, 1.165) is 6.42 Å². The molecule has 3 aromatic carbocycles. The van der Waals surface area contributed by atoms with Crippen LogP contribution < -0.4 is 10.2 Å². The zero-order valence-corrected chi connectivity index (χ0v) is 17.7. The third-order valence-corrected chi connectivity index (χ3v) is 4.78. The summed E-state index contributed by atoms with van der Waals surface area (Å²) in [5.74, 6) is -0.261. The summed E-state index contributed by atoms with van der Waals surface area (Å²) < 4.78 is 24.7. The number of fused-ring (bicyclic) bond motifs is 1. The average Bonchev–Trinajstić information content (AvgIpc) is 3.31. The minimum atomic E-state index is -0.998. The summed E-state index contributed by atoms with van der Waals surface area (Å²) in [5.41, 5.74) is 4.13. The summed E-state index contributed by atoms with van der Waals surface area (Å²) in [7, 11) is 0. The molecule has 0 spiro atoms. The maximum absolute atomic E-state index is 13.2. The summed E-state index contributed by atoms with van der Waals surface area (Å²) in [4.78, 5) is 16.8. The van der Waals surface area contributed by atoms with Crippen molar-refractivity contribution in [3.05, 3.63) is 90.1 Å². The van der Waals surface area contributed by atoms with Gasteiger partial charge in [0.1, 0.15) is 17.3 Å². The third-order valence-electron chi connectivity index (χ3n) is 4.78. The van der Waals surface area contributed by atoms with Crippen molar-refractivity contribution in [1.29, 1.82) is 0 Å². The van der Waals surface area contributed by atoms with Gasteiger partial charge in [0.2, 0.25) is 5.76 Å². The van der Waals surface area contributed by atoms with E-state index in [1.807, 2.05) is 13.0 Å². The van der Waals surface area contributed by atoms with Crippen molar-refractivity contribution in [2.24, 2.45) is 0 Å². The van der Waals surface area contributed by atoms with Gasteiger partial charge in [-0.1, -0.05) is 24.2 Å². The van der Waals surface area contributed by atoms with Gasteiger partial charge in [-0.05, 0) is 65.7 Å². The van der Waals surface area contributed by atoms with Gasteiger partial charge in [0.25, 0.3) is 0 Å². The number of hydroxylamine groups is 1. The number of halogens is 1. The minimum absolute atomic E-state index is 0.212. The number of nitrogens with zero attached hydrogens (tertiary/aromatic N) is 1. The lowest BCUT2D eigenvalue weighted by Gasteiger charge is -2.10. The number of ether oxygens (including phenoxy) is 1. The van der Waals surface area contributed by atoms with Gasteiger partial charge >= 0.3 is 5.97 Å². The highest BCUT2D eigenvalue weighted by molar-refractivity contribution is 6.03. The Balaban J connectivity index is 1.64. The van der Waals surface area contributed by atoms with Crippen LogP contribution >= 0.6 is 0 Å². The van der Waals surface area contributed by atoms with E-state index in [9.17, 15) is 14.3 Å². The molecule has 0 radical (unpaired) electrons.